The van der Waals surface area contributed by atoms with Gasteiger partial charge in [0.25, 0.3) is 0 Å². The van der Waals surface area contributed by atoms with Gasteiger partial charge in [0.05, 0.1) is 0 Å². The van der Waals surface area contributed by atoms with Crippen LogP contribution >= 0.6 is 0 Å². The molecule has 1 aromatic carbocycles. The third kappa shape index (κ3) is 6.36. The molecule has 126 valence electrons. The van der Waals surface area contributed by atoms with Gasteiger partial charge in [-0.15, -0.1) is 0 Å². The van der Waals surface area contributed by atoms with Gasteiger partial charge < -0.3 is 15.0 Å². The molecule has 0 radical (unpaired) electrons. The number of carbonyl (C=O) groups excluding carboxylic acids is 2. The maximum absolute atomic E-state index is 12.8. The van der Waals surface area contributed by atoms with E-state index in [0.717, 1.165) is 44.3 Å². The Hall–Kier alpha value is -1.95. The topological polar surface area (TPSA) is 58.6 Å². The fraction of sp³-hybridized carbons (Fsp3) is 0.529. The van der Waals surface area contributed by atoms with E-state index in [-0.39, 0.29) is 30.8 Å². The average molecular weight is 322 g/mol. The molecular formula is C17H23FN2O3. The number of nitrogens with zero attached hydrogens (tertiary/aromatic N) is 1. The largest absolute Gasteiger partial charge is 0.362 e. The highest BCUT2D eigenvalue weighted by Crippen LogP contribution is 2.09. The highest BCUT2D eigenvalue weighted by molar-refractivity contribution is 5.79. The standard InChI is InChI=1S/C17H23FN2O3/c18-15-7-5-14(6-8-15)11-19-16(21)12-23-13-17(22)20-9-3-1-2-4-10-20/h5-8H,1-4,9-13H2,(H,19,21). The highest BCUT2D eigenvalue weighted by Gasteiger charge is 2.15. The second kappa shape index (κ2) is 9.25. The fourth-order valence-corrected chi connectivity index (χ4v) is 2.50. The van der Waals surface area contributed by atoms with E-state index in [4.69, 9.17) is 4.74 Å². The van der Waals surface area contributed by atoms with Crippen molar-refractivity contribution in [2.24, 2.45) is 0 Å². The van der Waals surface area contributed by atoms with Gasteiger partial charge in [0.1, 0.15) is 19.0 Å². The predicted octanol–water partition coefficient (Wildman–Crippen LogP) is 1.86. The SMILES string of the molecule is O=C(COCC(=O)N1CCCCCC1)NCc1ccc(F)cc1. The number of benzene rings is 1. The normalized spacial score (nSPS) is 15.1. The number of nitrogens with one attached hydrogen (secondary N) is 1. The van der Waals surface area contributed by atoms with E-state index in [1.807, 2.05) is 4.90 Å². The Kier molecular flexibility index (Phi) is 7.00. The zero-order valence-electron chi connectivity index (χ0n) is 13.2. The minimum Gasteiger partial charge on any atom is -0.362 e. The zero-order valence-corrected chi connectivity index (χ0v) is 13.2. The molecule has 1 fully saturated rings. The maximum atomic E-state index is 12.8. The van der Waals surface area contributed by atoms with E-state index in [0.29, 0.717) is 6.54 Å². The Morgan fingerprint density at radius 1 is 1.04 bits per heavy atom. The van der Waals surface area contributed by atoms with Crippen LogP contribution in [0.1, 0.15) is 31.2 Å². The van der Waals surface area contributed by atoms with E-state index < -0.39 is 0 Å². The highest BCUT2D eigenvalue weighted by atomic mass is 19.1. The lowest BCUT2D eigenvalue weighted by Gasteiger charge is -2.20. The average Bonchev–Trinajstić information content (AvgIpc) is 2.83. The second-order valence-corrected chi connectivity index (χ2v) is 5.69. The van der Waals surface area contributed by atoms with Crippen molar-refractivity contribution in [1.82, 2.24) is 10.2 Å². The van der Waals surface area contributed by atoms with Gasteiger partial charge in [-0.25, -0.2) is 4.39 Å². The summed E-state index contributed by atoms with van der Waals surface area (Å²) in [5.41, 5.74) is 0.806. The van der Waals surface area contributed by atoms with Gasteiger partial charge in [0, 0.05) is 19.6 Å². The summed E-state index contributed by atoms with van der Waals surface area (Å²) in [5, 5.41) is 2.67. The van der Waals surface area contributed by atoms with Crippen LogP contribution in [0.2, 0.25) is 0 Å². The molecule has 0 unspecified atom stereocenters. The van der Waals surface area contributed by atoms with Crippen molar-refractivity contribution < 1.29 is 18.7 Å². The van der Waals surface area contributed by atoms with Gasteiger partial charge in [-0.2, -0.15) is 0 Å². The minimum absolute atomic E-state index is 0.0572. The van der Waals surface area contributed by atoms with Crippen LogP contribution in [0.15, 0.2) is 24.3 Å². The van der Waals surface area contributed by atoms with E-state index in [1.54, 1.807) is 12.1 Å². The van der Waals surface area contributed by atoms with Crippen molar-refractivity contribution >= 4 is 11.8 Å². The molecule has 1 N–H and O–H groups in total. The number of halogens is 1. The third-order valence-electron chi connectivity index (χ3n) is 3.82. The van der Waals surface area contributed by atoms with E-state index in [2.05, 4.69) is 5.32 Å². The maximum Gasteiger partial charge on any atom is 0.248 e. The Morgan fingerprint density at radius 2 is 1.70 bits per heavy atom. The van der Waals surface area contributed by atoms with Crippen LogP contribution in [-0.4, -0.2) is 43.0 Å². The van der Waals surface area contributed by atoms with Crippen LogP contribution in [0.25, 0.3) is 0 Å². The van der Waals surface area contributed by atoms with Gasteiger partial charge in [0.15, 0.2) is 0 Å². The number of likely N-dealkylation sites (tertiary alicyclic amines) is 1. The molecule has 0 aliphatic carbocycles. The molecule has 0 atom stereocenters. The van der Waals surface area contributed by atoms with E-state index in [1.165, 1.54) is 12.1 Å². The molecule has 1 aliphatic heterocycles. The number of hydrogen-bond acceptors (Lipinski definition) is 3. The van der Waals surface area contributed by atoms with Crippen molar-refractivity contribution in [2.75, 3.05) is 26.3 Å². The molecule has 1 heterocycles. The second-order valence-electron chi connectivity index (χ2n) is 5.69. The lowest BCUT2D eigenvalue weighted by Crippen LogP contribution is -2.36. The summed E-state index contributed by atoms with van der Waals surface area (Å²) >= 11 is 0. The molecule has 0 aromatic heterocycles. The van der Waals surface area contributed by atoms with Crippen LogP contribution in [0.5, 0.6) is 0 Å². The lowest BCUT2D eigenvalue weighted by atomic mass is 10.2. The lowest BCUT2D eigenvalue weighted by molar-refractivity contribution is -0.138. The van der Waals surface area contributed by atoms with Crippen LogP contribution in [0, 0.1) is 5.82 Å². The summed E-state index contributed by atoms with van der Waals surface area (Å²) in [4.78, 5) is 25.4. The molecule has 0 bridgehead atoms. The molecule has 2 amide bonds. The first-order valence-electron chi connectivity index (χ1n) is 8.02. The Balaban J connectivity index is 1.62. The summed E-state index contributed by atoms with van der Waals surface area (Å²) in [6.45, 7) is 1.64. The molecule has 1 saturated heterocycles. The van der Waals surface area contributed by atoms with Gasteiger partial charge >= 0.3 is 0 Å². The smallest absolute Gasteiger partial charge is 0.248 e. The Morgan fingerprint density at radius 3 is 2.35 bits per heavy atom. The first kappa shape index (κ1) is 17.4. The van der Waals surface area contributed by atoms with Gasteiger partial charge in [0.2, 0.25) is 11.8 Å². The first-order chi connectivity index (χ1) is 11.1. The van der Waals surface area contributed by atoms with Gasteiger partial charge in [-0.05, 0) is 30.5 Å². The summed E-state index contributed by atoms with van der Waals surface area (Å²) in [6, 6.07) is 5.91. The Bertz CT molecular complexity index is 511. The quantitative estimate of drug-likeness (QED) is 0.870. The van der Waals surface area contributed by atoms with Crippen LogP contribution in [0.4, 0.5) is 4.39 Å². The third-order valence-corrected chi connectivity index (χ3v) is 3.82. The number of rotatable bonds is 6. The van der Waals surface area contributed by atoms with Crippen LogP contribution in [-0.2, 0) is 20.9 Å². The Labute approximate surface area is 135 Å². The number of carbonyl (C=O) groups is 2. The van der Waals surface area contributed by atoms with Crippen LogP contribution in [0.3, 0.4) is 0 Å². The van der Waals surface area contributed by atoms with E-state index >= 15 is 0 Å². The van der Waals surface area contributed by atoms with E-state index in [9.17, 15) is 14.0 Å². The molecule has 0 spiro atoms. The number of amides is 2. The molecule has 0 saturated carbocycles. The monoisotopic (exact) mass is 322 g/mol. The van der Waals surface area contributed by atoms with Crippen molar-refractivity contribution in [1.29, 1.82) is 0 Å². The predicted molar refractivity (Wildman–Crippen MR) is 84.1 cm³/mol. The van der Waals surface area contributed by atoms with Crippen molar-refractivity contribution in [3.8, 4) is 0 Å². The van der Waals surface area contributed by atoms with Crippen molar-refractivity contribution in [3.63, 3.8) is 0 Å². The van der Waals surface area contributed by atoms with Crippen molar-refractivity contribution in [3.05, 3.63) is 35.6 Å². The molecule has 6 heteroatoms. The molecule has 2 rings (SSSR count). The molecule has 1 aliphatic rings. The molecular weight excluding hydrogens is 299 g/mol. The minimum atomic E-state index is -0.310. The summed E-state index contributed by atoms with van der Waals surface area (Å²) in [6.07, 6.45) is 4.39. The van der Waals surface area contributed by atoms with Crippen molar-refractivity contribution in [2.45, 2.75) is 32.2 Å². The number of hydrogen-bond donors (Lipinski definition) is 1. The van der Waals surface area contributed by atoms with Gasteiger partial charge in [-0.3, -0.25) is 9.59 Å². The molecule has 5 nitrogen and oxygen atoms in total. The summed E-state index contributed by atoms with van der Waals surface area (Å²) < 4.78 is 18.0. The summed E-state index contributed by atoms with van der Waals surface area (Å²) in [5.74, 6) is -0.660. The first-order valence-corrected chi connectivity index (χ1v) is 8.02. The number of ether oxygens (including phenoxy) is 1. The van der Waals surface area contributed by atoms with Gasteiger partial charge in [-0.1, -0.05) is 25.0 Å². The summed E-state index contributed by atoms with van der Waals surface area (Å²) in [7, 11) is 0. The van der Waals surface area contributed by atoms with Crippen LogP contribution < -0.4 is 5.32 Å². The molecule has 23 heavy (non-hydrogen) atoms. The zero-order chi connectivity index (χ0) is 16.5. The molecule has 1 aromatic rings. The fourth-order valence-electron chi connectivity index (χ4n) is 2.50.